The first-order chi connectivity index (χ1) is 14.7. The molecule has 2 heterocycles. The molecule has 31 heavy (non-hydrogen) atoms. The molecule has 0 N–H and O–H groups in total. The van der Waals surface area contributed by atoms with E-state index < -0.39 is 22.7 Å². The Kier molecular flexibility index (Phi) is 5.22. The van der Waals surface area contributed by atoms with Crippen LogP contribution in [0.15, 0.2) is 53.4 Å². The van der Waals surface area contributed by atoms with Gasteiger partial charge >= 0.3 is 0 Å². The fourth-order valence-electron chi connectivity index (χ4n) is 3.56. The van der Waals surface area contributed by atoms with Gasteiger partial charge in [-0.2, -0.15) is 9.40 Å². The van der Waals surface area contributed by atoms with E-state index >= 15 is 0 Å². The van der Waals surface area contributed by atoms with Crippen LogP contribution in [0.25, 0.3) is 11.3 Å². The monoisotopic (exact) mass is 441 g/mol. The Morgan fingerprint density at radius 3 is 2.45 bits per heavy atom. The van der Waals surface area contributed by atoms with E-state index in [2.05, 4.69) is 5.10 Å². The smallest absolute Gasteiger partial charge is 0.272 e. The number of hydrogen-bond donors (Lipinski definition) is 0. The minimum atomic E-state index is -4.06. The van der Waals surface area contributed by atoms with Gasteiger partial charge in [-0.15, -0.1) is 0 Å². The van der Waals surface area contributed by atoms with Gasteiger partial charge in [0.15, 0.2) is 6.73 Å². The van der Waals surface area contributed by atoms with Crippen LogP contribution < -0.4 is 9.47 Å². The molecule has 0 radical (unpaired) electrons. The highest BCUT2D eigenvalue weighted by Crippen LogP contribution is 2.38. The average molecular weight is 442 g/mol. The molecule has 0 fully saturated rings. The van der Waals surface area contributed by atoms with E-state index in [-0.39, 0.29) is 16.4 Å². The largest absolute Gasteiger partial charge is 0.497 e. The van der Waals surface area contributed by atoms with Gasteiger partial charge in [0.1, 0.15) is 10.6 Å². The molecule has 9 heteroatoms. The molecule has 1 aromatic heterocycles. The van der Waals surface area contributed by atoms with Gasteiger partial charge in [-0.3, -0.25) is 4.79 Å². The number of rotatable bonds is 6. The molecule has 4 rings (SSSR count). The lowest BCUT2D eigenvalue weighted by atomic mass is 9.96. The summed E-state index contributed by atoms with van der Waals surface area (Å²) < 4.78 is 39.4. The summed E-state index contributed by atoms with van der Waals surface area (Å²) in [6, 6.07) is 14.3. The van der Waals surface area contributed by atoms with Crippen LogP contribution in [-0.4, -0.2) is 42.3 Å². The number of aromatic nitrogens is 2. The zero-order valence-corrected chi connectivity index (χ0v) is 18.5. The Balaban J connectivity index is 1.64. The molecule has 2 aromatic carbocycles. The molecule has 3 aromatic rings. The number of carbonyl (C=O) groups is 1. The second-order valence-corrected chi connectivity index (χ2v) is 9.36. The summed E-state index contributed by atoms with van der Waals surface area (Å²) in [6.45, 7) is 3.34. The number of aryl methyl sites for hydroxylation is 1. The number of carbonyl (C=O) groups excluding carboxylic acids is 1. The predicted molar refractivity (Wildman–Crippen MR) is 115 cm³/mol. The standard InChI is InChI=1S/C22H23N3O5S/c1-14(2)17-10-16(29-4)11-19-21(17)22(26)25(31(19,27)28)13-30-20-12-18(23-24(20)3)15-8-6-5-7-9-15/h5-12,14H,13H2,1-4H3. The fourth-order valence-corrected chi connectivity index (χ4v) is 5.02. The second-order valence-electron chi connectivity index (χ2n) is 7.53. The van der Waals surface area contributed by atoms with E-state index in [1.54, 1.807) is 19.2 Å². The third-order valence-corrected chi connectivity index (χ3v) is 6.94. The van der Waals surface area contributed by atoms with E-state index in [1.807, 2.05) is 44.2 Å². The first kappa shape index (κ1) is 20.9. The van der Waals surface area contributed by atoms with Crippen molar-refractivity contribution < 1.29 is 22.7 Å². The maximum absolute atomic E-state index is 13.1. The van der Waals surface area contributed by atoms with Crippen LogP contribution in [0.4, 0.5) is 0 Å². The zero-order chi connectivity index (χ0) is 22.3. The van der Waals surface area contributed by atoms with Crippen molar-refractivity contribution in [3.05, 3.63) is 59.7 Å². The quantitative estimate of drug-likeness (QED) is 0.582. The van der Waals surface area contributed by atoms with Crippen molar-refractivity contribution in [3.63, 3.8) is 0 Å². The molecule has 1 aliphatic rings. The Morgan fingerprint density at radius 1 is 1.10 bits per heavy atom. The van der Waals surface area contributed by atoms with E-state index in [1.165, 1.54) is 17.9 Å². The molecule has 8 nitrogen and oxygen atoms in total. The summed E-state index contributed by atoms with van der Waals surface area (Å²) >= 11 is 0. The molecule has 0 saturated heterocycles. The average Bonchev–Trinajstić information content (AvgIpc) is 3.21. The van der Waals surface area contributed by atoms with Crippen LogP contribution in [0.5, 0.6) is 11.6 Å². The van der Waals surface area contributed by atoms with Crippen LogP contribution in [-0.2, 0) is 17.1 Å². The number of methoxy groups -OCH3 is 1. The van der Waals surface area contributed by atoms with Gasteiger partial charge in [0.2, 0.25) is 5.88 Å². The summed E-state index contributed by atoms with van der Waals surface area (Å²) in [6.07, 6.45) is 0. The molecular weight excluding hydrogens is 418 g/mol. The summed E-state index contributed by atoms with van der Waals surface area (Å²) in [5.41, 5.74) is 2.38. The lowest BCUT2D eigenvalue weighted by molar-refractivity contribution is 0.0780. The van der Waals surface area contributed by atoms with E-state index in [0.717, 1.165) is 9.87 Å². The van der Waals surface area contributed by atoms with Crippen molar-refractivity contribution in [1.29, 1.82) is 0 Å². The SMILES string of the molecule is COc1cc(C(C)C)c2c(c1)S(=O)(=O)N(COc1cc(-c3ccccc3)nn1C)C2=O. The Hall–Kier alpha value is -3.33. The van der Waals surface area contributed by atoms with Crippen molar-refractivity contribution in [1.82, 2.24) is 14.1 Å². The van der Waals surface area contributed by atoms with Crippen molar-refractivity contribution in [2.75, 3.05) is 13.8 Å². The normalized spacial score (nSPS) is 14.7. The fraction of sp³-hybridized carbons (Fsp3) is 0.273. The molecule has 1 aliphatic heterocycles. The van der Waals surface area contributed by atoms with Gasteiger partial charge in [-0.1, -0.05) is 44.2 Å². The first-order valence-electron chi connectivity index (χ1n) is 9.75. The van der Waals surface area contributed by atoms with E-state index in [4.69, 9.17) is 9.47 Å². The highest BCUT2D eigenvalue weighted by molar-refractivity contribution is 7.90. The number of ether oxygens (including phenoxy) is 2. The van der Waals surface area contributed by atoms with E-state index in [9.17, 15) is 13.2 Å². The molecule has 0 unspecified atom stereocenters. The molecule has 0 atom stereocenters. The van der Waals surface area contributed by atoms with Crippen molar-refractivity contribution in [2.45, 2.75) is 24.7 Å². The molecule has 0 bridgehead atoms. The van der Waals surface area contributed by atoms with E-state index in [0.29, 0.717) is 22.9 Å². The van der Waals surface area contributed by atoms with Gasteiger partial charge in [-0.05, 0) is 17.5 Å². The van der Waals surface area contributed by atoms with Crippen molar-refractivity contribution >= 4 is 15.9 Å². The topological polar surface area (TPSA) is 90.7 Å². The maximum atomic E-state index is 13.1. The number of amides is 1. The molecule has 0 aliphatic carbocycles. The van der Waals surface area contributed by atoms with Crippen LogP contribution in [0.2, 0.25) is 0 Å². The molecular formula is C22H23N3O5S. The third-order valence-electron chi connectivity index (χ3n) is 5.21. The van der Waals surface area contributed by atoms with Gasteiger partial charge in [0.05, 0.1) is 18.4 Å². The van der Waals surface area contributed by atoms with Crippen LogP contribution in [0.3, 0.4) is 0 Å². The lowest BCUT2D eigenvalue weighted by Gasteiger charge is -2.15. The number of hydrogen-bond acceptors (Lipinski definition) is 6. The van der Waals surface area contributed by atoms with Gasteiger partial charge in [0, 0.05) is 24.7 Å². The van der Waals surface area contributed by atoms with Crippen LogP contribution in [0.1, 0.15) is 35.7 Å². The summed E-state index contributed by atoms with van der Waals surface area (Å²) in [4.78, 5) is 13.0. The minimum Gasteiger partial charge on any atom is -0.497 e. The second kappa shape index (κ2) is 7.73. The van der Waals surface area contributed by atoms with Gasteiger partial charge < -0.3 is 9.47 Å². The molecule has 162 valence electrons. The number of fused-ring (bicyclic) bond motifs is 1. The molecule has 0 spiro atoms. The van der Waals surface area contributed by atoms with Gasteiger partial charge in [0.25, 0.3) is 15.9 Å². The van der Waals surface area contributed by atoms with Crippen LogP contribution >= 0.6 is 0 Å². The minimum absolute atomic E-state index is 0.0564. The number of sulfonamides is 1. The Labute approximate surface area is 181 Å². The van der Waals surface area contributed by atoms with Gasteiger partial charge in [-0.25, -0.2) is 13.1 Å². The van der Waals surface area contributed by atoms with Crippen molar-refractivity contribution in [3.8, 4) is 22.9 Å². The van der Waals surface area contributed by atoms with Crippen molar-refractivity contribution in [2.24, 2.45) is 7.05 Å². The summed E-state index contributed by atoms with van der Waals surface area (Å²) in [5.74, 6) is 0.0707. The maximum Gasteiger partial charge on any atom is 0.272 e. The molecule has 0 saturated carbocycles. The summed E-state index contributed by atoms with van der Waals surface area (Å²) in [5, 5.41) is 4.40. The zero-order valence-electron chi connectivity index (χ0n) is 17.7. The third kappa shape index (κ3) is 3.54. The van der Waals surface area contributed by atoms with Crippen LogP contribution in [0, 0.1) is 0 Å². The summed E-state index contributed by atoms with van der Waals surface area (Å²) in [7, 11) is -0.909. The lowest BCUT2D eigenvalue weighted by Crippen LogP contribution is -2.34. The Morgan fingerprint density at radius 2 is 1.81 bits per heavy atom. The molecule has 1 amide bonds. The Bertz CT molecular complexity index is 1250. The number of benzene rings is 2. The highest BCUT2D eigenvalue weighted by atomic mass is 32.2. The predicted octanol–water partition coefficient (Wildman–Crippen LogP) is 3.40. The highest BCUT2D eigenvalue weighted by Gasteiger charge is 2.44. The number of nitrogens with zero attached hydrogens (tertiary/aromatic N) is 3. The first-order valence-corrected chi connectivity index (χ1v) is 11.2.